The van der Waals surface area contributed by atoms with Gasteiger partial charge in [-0.15, -0.1) is 0 Å². The Kier molecular flexibility index (Phi) is 3.47. The number of nitrogens with two attached hydrogens (primary N) is 1. The van der Waals surface area contributed by atoms with Crippen LogP contribution in [-0.2, 0) is 0 Å². The molecule has 0 saturated heterocycles. The number of hydrogen-bond donors (Lipinski definition) is 1. The minimum atomic E-state index is -0.195. The zero-order valence-corrected chi connectivity index (χ0v) is 9.01. The Balaban J connectivity index is 3.02. The lowest BCUT2D eigenvalue weighted by molar-refractivity contribution is 0.743. The Bertz CT molecular complexity index is 341. The van der Waals surface area contributed by atoms with Crippen LogP contribution in [0.2, 0.25) is 0 Å². The van der Waals surface area contributed by atoms with Crippen molar-refractivity contribution >= 4 is 15.9 Å². The van der Waals surface area contributed by atoms with Crippen molar-refractivity contribution in [2.45, 2.75) is 19.4 Å². The van der Waals surface area contributed by atoms with Gasteiger partial charge in [0.05, 0.1) is 12.5 Å². The molecule has 0 heterocycles. The van der Waals surface area contributed by atoms with Gasteiger partial charge in [-0.2, -0.15) is 5.26 Å². The third kappa shape index (κ3) is 2.30. The van der Waals surface area contributed by atoms with Gasteiger partial charge >= 0.3 is 0 Å². The molecule has 0 aliphatic rings. The maximum atomic E-state index is 8.51. The molecule has 0 aliphatic heterocycles. The molecule has 68 valence electrons. The van der Waals surface area contributed by atoms with E-state index in [0.717, 1.165) is 15.6 Å². The van der Waals surface area contributed by atoms with Crippen LogP contribution in [0.4, 0.5) is 0 Å². The maximum absolute atomic E-state index is 8.51. The quantitative estimate of drug-likeness (QED) is 0.862. The summed E-state index contributed by atoms with van der Waals surface area (Å²) >= 11 is 3.46. The lowest BCUT2D eigenvalue weighted by atomic mass is 10.0. The van der Waals surface area contributed by atoms with Crippen LogP contribution in [0, 0.1) is 18.3 Å². The Hall–Kier alpha value is -0.850. The van der Waals surface area contributed by atoms with E-state index in [1.165, 1.54) is 0 Å². The van der Waals surface area contributed by atoms with E-state index >= 15 is 0 Å². The SMILES string of the molecule is Cc1cccc([C@H](N)CC#N)c1Br. The highest BCUT2D eigenvalue weighted by molar-refractivity contribution is 9.10. The molecule has 2 N–H and O–H groups in total. The van der Waals surface area contributed by atoms with Crippen LogP contribution in [0.15, 0.2) is 22.7 Å². The van der Waals surface area contributed by atoms with Gasteiger partial charge < -0.3 is 5.73 Å². The topological polar surface area (TPSA) is 49.8 Å². The zero-order valence-electron chi connectivity index (χ0n) is 7.42. The van der Waals surface area contributed by atoms with E-state index in [9.17, 15) is 0 Å². The maximum Gasteiger partial charge on any atom is 0.0641 e. The van der Waals surface area contributed by atoms with Crippen LogP contribution in [-0.4, -0.2) is 0 Å². The molecule has 0 aliphatic carbocycles. The van der Waals surface area contributed by atoms with E-state index in [1.807, 2.05) is 25.1 Å². The minimum Gasteiger partial charge on any atom is -0.323 e. The van der Waals surface area contributed by atoms with Crippen molar-refractivity contribution in [2.24, 2.45) is 5.73 Å². The second-order valence-electron chi connectivity index (χ2n) is 2.95. The van der Waals surface area contributed by atoms with E-state index in [4.69, 9.17) is 11.0 Å². The second-order valence-corrected chi connectivity index (χ2v) is 3.74. The van der Waals surface area contributed by atoms with Gasteiger partial charge in [-0.1, -0.05) is 34.1 Å². The summed E-state index contributed by atoms with van der Waals surface area (Å²) in [5, 5.41) is 8.51. The molecule has 13 heavy (non-hydrogen) atoms. The van der Waals surface area contributed by atoms with Gasteiger partial charge in [0.1, 0.15) is 0 Å². The molecule has 0 spiro atoms. The Morgan fingerprint density at radius 2 is 2.31 bits per heavy atom. The molecule has 1 atom stereocenters. The molecule has 2 nitrogen and oxygen atoms in total. The summed E-state index contributed by atoms with van der Waals surface area (Å²) < 4.78 is 1.01. The van der Waals surface area contributed by atoms with Crippen LogP contribution in [0.5, 0.6) is 0 Å². The number of hydrogen-bond acceptors (Lipinski definition) is 2. The van der Waals surface area contributed by atoms with E-state index in [0.29, 0.717) is 6.42 Å². The third-order valence-electron chi connectivity index (χ3n) is 1.93. The number of halogens is 1. The largest absolute Gasteiger partial charge is 0.323 e. The van der Waals surface area contributed by atoms with Crippen molar-refractivity contribution < 1.29 is 0 Å². The molecule has 1 aromatic rings. The third-order valence-corrected chi connectivity index (χ3v) is 3.02. The Morgan fingerprint density at radius 3 is 2.92 bits per heavy atom. The van der Waals surface area contributed by atoms with Crippen LogP contribution >= 0.6 is 15.9 Å². The Morgan fingerprint density at radius 1 is 1.62 bits per heavy atom. The number of nitriles is 1. The van der Waals surface area contributed by atoms with Crippen molar-refractivity contribution in [3.8, 4) is 6.07 Å². The van der Waals surface area contributed by atoms with E-state index < -0.39 is 0 Å². The van der Waals surface area contributed by atoms with Crippen molar-refractivity contribution in [3.05, 3.63) is 33.8 Å². The molecular weight excluding hydrogens is 228 g/mol. The zero-order chi connectivity index (χ0) is 9.84. The summed E-state index contributed by atoms with van der Waals surface area (Å²) in [7, 11) is 0. The van der Waals surface area contributed by atoms with Crippen molar-refractivity contribution in [1.29, 1.82) is 5.26 Å². The smallest absolute Gasteiger partial charge is 0.0641 e. The lowest BCUT2D eigenvalue weighted by Crippen LogP contribution is -2.10. The number of rotatable bonds is 2. The fourth-order valence-corrected chi connectivity index (χ4v) is 1.72. The molecule has 0 unspecified atom stereocenters. The normalized spacial score (nSPS) is 12.2. The first-order valence-corrected chi connectivity index (χ1v) is 4.83. The first kappa shape index (κ1) is 10.2. The molecular formula is C10H11BrN2. The average molecular weight is 239 g/mol. The minimum absolute atomic E-state index is 0.195. The van der Waals surface area contributed by atoms with Crippen LogP contribution < -0.4 is 5.73 Å². The molecule has 0 radical (unpaired) electrons. The summed E-state index contributed by atoms with van der Waals surface area (Å²) in [6.45, 7) is 2.01. The monoisotopic (exact) mass is 238 g/mol. The van der Waals surface area contributed by atoms with Gasteiger partial charge in [-0.3, -0.25) is 0 Å². The van der Waals surface area contributed by atoms with Gasteiger partial charge in [0.25, 0.3) is 0 Å². The molecule has 0 bridgehead atoms. The summed E-state index contributed by atoms with van der Waals surface area (Å²) in [4.78, 5) is 0. The predicted octanol–water partition coefficient (Wildman–Crippen LogP) is 2.67. The van der Waals surface area contributed by atoms with E-state index in [1.54, 1.807) is 0 Å². The molecule has 0 fully saturated rings. The predicted molar refractivity (Wildman–Crippen MR) is 56.0 cm³/mol. The lowest BCUT2D eigenvalue weighted by Gasteiger charge is -2.11. The fraction of sp³-hybridized carbons (Fsp3) is 0.300. The van der Waals surface area contributed by atoms with Gasteiger partial charge in [0.2, 0.25) is 0 Å². The van der Waals surface area contributed by atoms with Gasteiger partial charge in [-0.25, -0.2) is 0 Å². The van der Waals surface area contributed by atoms with Crippen LogP contribution in [0.25, 0.3) is 0 Å². The number of aryl methyl sites for hydroxylation is 1. The van der Waals surface area contributed by atoms with E-state index in [-0.39, 0.29) is 6.04 Å². The van der Waals surface area contributed by atoms with Crippen molar-refractivity contribution in [1.82, 2.24) is 0 Å². The fourth-order valence-electron chi connectivity index (χ4n) is 1.16. The second kappa shape index (κ2) is 4.40. The van der Waals surface area contributed by atoms with E-state index in [2.05, 4.69) is 22.0 Å². The summed E-state index contributed by atoms with van der Waals surface area (Å²) in [5.74, 6) is 0. The molecule has 0 amide bonds. The standard InChI is InChI=1S/C10H11BrN2/c1-7-3-2-4-8(10(7)11)9(13)5-6-12/h2-4,9H,5,13H2,1H3/t9-/m1/s1. The Labute approximate surface area is 86.5 Å². The summed E-state index contributed by atoms with van der Waals surface area (Å²) in [5.41, 5.74) is 7.97. The molecule has 1 aromatic carbocycles. The summed E-state index contributed by atoms with van der Waals surface area (Å²) in [6.07, 6.45) is 0.349. The highest BCUT2D eigenvalue weighted by Gasteiger charge is 2.09. The van der Waals surface area contributed by atoms with Crippen molar-refractivity contribution in [3.63, 3.8) is 0 Å². The highest BCUT2D eigenvalue weighted by Crippen LogP contribution is 2.26. The van der Waals surface area contributed by atoms with Gasteiger partial charge in [0.15, 0.2) is 0 Å². The highest BCUT2D eigenvalue weighted by atomic mass is 79.9. The number of benzene rings is 1. The molecule has 0 aromatic heterocycles. The molecule has 3 heteroatoms. The van der Waals surface area contributed by atoms with Gasteiger partial charge in [-0.05, 0) is 18.1 Å². The first-order valence-electron chi connectivity index (χ1n) is 4.04. The number of nitrogens with zero attached hydrogens (tertiary/aromatic N) is 1. The van der Waals surface area contributed by atoms with Crippen LogP contribution in [0.3, 0.4) is 0 Å². The first-order chi connectivity index (χ1) is 6.16. The molecule has 0 saturated carbocycles. The summed E-state index contributed by atoms with van der Waals surface area (Å²) in [6, 6.07) is 7.77. The van der Waals surface area contributed by atoms with Crippen LogP contribution in [0.1, 0.15) is 23.6 Å². The van der Waals surface area contributed by atoms with Crippen molar-refractivity contribution in [2.75, 3.05) is 0 Å². The van der Waals surface area contributed by atoms with Gasteiger partial charge in [0, 0.05) is 10.5 Å². The molecule has 1 rings (SSSR count). The average Bonchev–Trinajstić information content (AvgIpc) is 2.10.